The number of carbonyl (C=O) groups is 1. The van der Waals surface area contributed by atoms with Gasteiger partial charge in [-0.3, -0.25) is 4.79 Å². The zero-order chi connectivity index (χ0) is 15.8. The van der Waals surface area contributed by atoms with E-state index in [1.54, 1.807) is 0 Å². The van der Waals surface area contributed by atoms with E-state index in [9.17, 15) is 9.90 Å². The molecule has 0 spiro atoms. The average molecular weight is 334 g/mol. The lowest BCUT2D eigenvalue weighted by molar-refractivity contribution is -0.137. The monoisotopic (exact) mass is 334 g/mol. The minimum atomic E-state index is -0.678. The summed E-state index contributed by atoms with van der Waals surface area (Å²) in [5, 5.41) is 18.4. The molecule has 4 heteroatoms. The number of unbranched alkanes of at least 4 members (excludes halogenated alkanes) is 10. The minimum Gasteiger partial charge on any atom is -0.481 e. The molecule has 0 aromatic rings. The summed E-state index contributed by atoms with van der Waals surface area (Å²) in [4.78, 5) is 10.3. The lowest BCUT2D eigenvalue weighted by Crippen LogP contribution is -2.05. The second-order valence-electron chi connectivity index (χ2n) is 6.26. The third-order valence-corrected chi connectivity index (χ3v) is 4.07. The van der Waals surface area contributed by atoms with Gasteiger partial charge in [0.05, 0.1) is 6.10 Å². The highest BCUT2D eigenvalue weighted by molar-refractivity contribution is 6.92. The molecule has 2 N–H and O–H groups in total. The Morgan fingerprint density at radius 2 is 1.18 bits per heavy atom. The van der Waals surface area contributed by atoms with Crippen molar-refractivity contribution in [3.63, 3.8) is 0 Å². The molecule has 3 nitrogen and oxygen atoms in total. The summed E-state index contributed by atoms with van der Waals surface area (Å²) in [5.74, 6) is -0.678. The fourth-order valence-corrected chi connectivity index (χ4v) is 2.67. The second-order valence-corrected chi connectivity index (χ2v) is 6.26. The number of aliphatic hydroxyl groups is 1. The van der Waals surface area contributed by atoms with E-state index >= 15 is 0 Å². The Balaban J connectivity index is 0. The van der Waals surface area contributed by atoms with Gasteiger partial charge in [0, 0.05) is 6.42 Å². The van der Waals surface area contributed by atoms with Crippen molar-refractivity contribution in [3.05, 3.63) is 0 Å². The molecule has 0 aliphatic rings. The van der Waals surface area contributed by atoms with E-state index in [1.165, 1.54) is 51.4 Å². The maximum absolute atomic E-state index is 10.3. The normalized spacial score (nSPS) is 11.9. The second kappa shape index (κ2) is 18.9. The van der Waals surface area contributed by atoms with Gasteiger partial charge in [-0.1, -0.05) is 77.6 Å². The fraction of sp³-hybridized carbons (Fsp3) is 0.944. The molecule has 0 rings (SSSR count). The van der Waals surface area contributed by atoms with Gasteiger partial charge in [0.15, 0.2) is 0 Å². The van der Waals surface area contributed by atoms with Gasteiger partial charge < -0.3 is 10.2 Å². The van der Waals surface area contributed by atoms with Crippen molar-refractivity contribution in [2.24, 2.45) is 0 Å². The van der Waals surface area contributed by atoms with Gasteiger partial charge >= 0.3 is 5.97 Å². The predicted octanol–water partition coefficient (Wildman–Crippen LogP) is 5.36. The largest absolute Gasteiger partial charge is 0.481 e. The minimum absolute atomic E-state index is 0. The molecule has 0 bridgehead atoms. The van der Waals surface area contributed by atoms with Crippen LogP contribution in [0.2, 0.25) is 0 Å². The van der Waals surface area contributed by atoms with Gasteiger partial charge in [0.25, 0.3) is 0 Å². The van der Waals surface area contributed by atoms with Crippen LogP contribution in [0.1, 0.15) is 103 Å². The van der Waals surface area contributed by atoms with Crippen LogP contribution in [0.3, 0.4) is 0 Å². The summed E-state index contributed by atoms with van der Waals surface area (Å²) in [6.07, 6.45) is 16.3. The van der Waals surface area contributed by atoms with Gasteiger partial charge in [-0.05, 0) is 19.3 Å². The molecule has 22 heavy (non-hydrogen) atoms. The number of hydrogen-bond acceptors (Lipinski definition) is 2. The van der Waals surface area contributed by atoms with E-state index in [4.69, 9.17) is 5.11 Å². The molecule has 0 aliphatic heterocycles. The Bertz CT molecular complexity index is 234. The first-order valence-electron chi connectivity index (χ1n) is 9.06. The molecular formula is C18H39O3P. The van der Waals surface area contributed by atoms with Crippen LogP contribution in [0, 0.1) is 0 Å². The Kier molecular flexibility index (Phi) is 20.7. The maximum atomic E-state index is 10.3. The van der Waals surface area contributed by atoms with Gasteiger partial charge in [-0.2, -0.15) is 9.90 Å². The molecule has 134 valence electrons. The van der Waals surface area contributed by atoms with Crippen molar-refractivity contribution in [2.45, 2.75) is 109 Å². The molecule has 0 fully saturated rings. The van der Waals surface area contributed by atoms with Gasteiger partial charge in [-0.15, -0.1) is 0 Å². The number of aliphatic carboxylic acids is 1. The molecule has 0 aromatic heterocycles. The number of carboxylic acids is 1. The van der Waals surface area contributed by atoms with Gasteiger partial charge in [-0.25, -0.2) is 0 Å². The lowest BCUT2D eigenvalue weighted by atomic mass is 10.0. The molecule has 0 heterocycles. The van der Waals surface area contributed by atoms with Crippen LogP contribution < -0.4 is 0 Å². The van der Waals surface area contributed by atoms with Crippen molar-refractivity contribution in [1.82, 2.24) is 0 Å². The van der Waals surface area contributed by atoms with Crippen LogP contribution in [0.25, 0.3) is 0 Å². The number of aliphatic hydroxyl groups excluding tert-OH is 1. The highest BCUT2D eigenvalue weighted by Gasteiger charge is 2.03. The molecule has 2 unspecified atom stereocenters. The number of hydrogen-bond donors (Lipinski definition) is 2. The van der Waals surface area contributed by atoms with Crippen molar-refractivity contribution in [3.8, 4) is 0 Å². The number of rotatable bonds is 16. The molecule has 0 radical (unpaired) electrons. The molecule has 0 aliphatic carbocycles. The Morgan fingerprint density at radius 3 is 1.64 bits per heavy atom. The van der Waals surface area contributed by atoms with E-state index in [1.807, 2.05) is 0 Å². The zero-order valence-corrected chi connectivity index (χ0v) is 16.1. The zero-order valence-electron chi connectivity index (χ0n) is 14.7. The first-order chi connectivity index (χ1) is 10.2. The number of carboxylic acid groups (broad SMARTS) is 1. The topological polar surface area (TPSA) is 57.5 Å². The van der Waals surface area contributed by atoms with Gasteiger partial charge in [0.1, 0.15) is 0 Å². The smallest absolute Gasteiger partial charge is 0.303 e. The molecule has 2 atom stereocenters. The first kappa shape index (κ1) is 24.1. The van der Waals surface area contributed by atoms with E-state index < -0.39 is 5.97 Å². The van der Waals surface area contributed by atoms with E-state index in [2.05, 4.69) is 6.92 Å². The fourth-order valence-electron chi connectivity index (χ4n) is 2.67. The van der Waals surface area contributed by atoms with E-state index in [-0.39, 0.29) is 16.0 Å². The molecule has 0 saturated carbocycles. The Labute approximate surface area is 140 Å². The van der Waals surface area contributed by atoms with Crippen LogP contribution >= 0.6 is 9.90 Å². The van der Waals surface area contributed by atoms with Crippen molar-refractivity contribution in [1.29, 1.82) is 0 Å². The first-order valence-corrected chi connectivity index (χ1v) is 9.06. The Hall–Kier alpha value is -0.140. The standard InChI is InChI=1S/C18H36O3.H3P/c1-2-3-4-11-14-17(19)15-12-9-7-5-6-8-10-13-16-18(20)21;/h17,19H,2-16H2,1H3,(H,20,21);1H3. The molecule has 0 aromatic carbocycles. The van der Waals surface area contributed by atoms with E-state index in [0.717, 1.165) is 38.5 Å². The molecule has 0 saturated heterocycles. The summed E-state index contributed by atoms with van der Waals surface area (Å²) in [7, 11) is 0. The molecule has 0 amide bonds. The summed E-state index contributed by atoms with van der Waals surface area (Å²) < 4.78 is 0. The Morgan fingerprint density at radius 1 is 0.773 bits per heavy atom. The molecular weight excluding hydrogens is 295 g/mol. The third kappa shape index (κ3) is 19.9. The summed E-state index contributed by atoms with van der Waals surface area (Å²) in [6, 6.07) is 0. The van der Waals surface area contributed by atoms with Crippen LogP contribution in [0.4, 0.5) is 0 Å². The van der Waals surface area contributed by atoms with Crippen LogP contribution in [0.15, 0.2) is 0 Å². The van der Waals surface area contributed by atoms with Crippen LogP contribution in [-0.2, 0) is 4.79 Å². The van der Waals surface area contributed by atoms with Crippen molar-refractivity contribution >= 4 is 15.9 Å². The quantitative estimate of drug-likeness (QED) is 0.295. The highest BCUT2D eigenvalue weighted by atomic mass is 31.0. The highest BCUT2D eigenvalue weighted by Crippen LogP contribution is 2.14. The van der Waals surface area contributed by atoms with Gasteiger partial charge in [0.2, 0.25) is 0 Å². The third-order valence-electron chi connectivity index (χ3n) is 4.07. The SMILES string of the molecule is CCCCCCC(O)CCCCCCCCCCC(=O)O.P. The van der Waals surface area contributed by atoms with Crippen molar-refractivity contribution < 1.29 is 15.0 Å². The average Bonchev–Trinajstić information content (AvgIpc) is 2.45. The summed E-state index contributed by atoms with van der Waals surface area (Å²) in [6.45, 7) is 2.21. The predicted molar refractivity (Wildman–Crippen MR) is 99.7 cm³/mol. The maximum Gasteiger partial charge on any atom is 0.303 e. The van der Waals surface area contributed by atoms with Crippen molar-refractivity contribution in [2.75, 3.05) is 0 Å². The summed E-state index contributed by atoms with van der Waals surface area (Å²) >= 11 is 0. The summed E-state index contributed by atoms with van der Waals surface area (Å²) in [5.41, 5.74) is 0. The van der Waals surface area contributed by atoms with Crippen LogP contribution in [0.5, 0.6) is 0 Å². The van der Waals surface area contributed by atoms with Crippen LogP contribution in [-0.4, -0.2) is 22.3 Å². The lowest BCUT2D eigenvalue weighted by Gasteiger charge is -2.10. The van der Waals surface area contributed by atoms with E-state index in [0.29, 0.717) is 6.42 Å².